The van der Waals surface area contributed by atoms with E-state index in [4.69, 9.17) is 0 Å². The van der Waals surface area contributed by atoms with Gasteiger partial charge in [0.1, 0.15) is 5.82 Å². The molecule has 0 saturated carbocycles. The van der Waals surface area contributed by atoms with Crippen LogP contribution < -0.4 is 5.32 Å². The summed E-state index contributed by atoms with van der Waals surface area (Å²) >= 11 is 1.82. The van der Waals surface area contributed by atoms with Crippen molar-refractivity contribution < 1.29 is 4.39 Å². The molecule has 18 heavy (non-hydrogen) atoms. The largest absolute Gasteiger partial charge is 0.316 e. The average molecular weight is 266 g/mol. The van der Waals surface area contributed by atoms with Crippen LogP contribution in [0, 0.1) is 17.7 Å². The van der Waals surface area contributed by atoms with Crippen LogP contribution in [0.25, 0.3) is 0 Å². The van der Waals surface area contributed by atoms with E-state index < -0.39 is 0 Å². The first-order valence-corrected chi connectivity index (χ1v) is 7.61. The van der Waals surface area contributed by atoms with Gasteiger partial charge < -0.3 is 10.2 Å². The van der Waals surface area contributed by atoms with Crippen LogP contribution in [0.2, 0.25) is 0 Å². The molecule has 0 aromatic heterocycles. The number of hydrogen-bond acceptors (Lipinski definition) is 3. The van der Waals surface area contributed by atoms with Crippen molar-refractivity contribution >= 4 is 11.8 Å². The summed E-state index contributed by atoms with van der Waals surface area (Å²) in [7, 11) is 0. The predicted octanol–water partition coefficient (Wildman–Crippen LogP) is 2.07. The van der Waals surface area contributed by atoms with E-state index in [0.717, 1.165) is 29.0 Å². The minimum absolute atomic E-state index is 0.154. The topological polar surface area (TPSA) is 15.3 Å². The van der Waals surface area contributed by atoms with Gasteiger partial charge in [-0.25, -0.2) is 4.39 Å². The number of halogens is 1. The van der Waals surface area contributed by atoms with Gasteiger partial charge in [-0.2, -0.15) is 0 Å². The molecule has 1 N–H and O–H groups in total. The first kappa shape index (κ1) is 12.5. The normalized spacial score (nSPS) is 27.6. The molecule has 0 spiro atoms. The first-order valence-electron chi connectivity index (χ1n) is 6.63. The van der Waals surface area contributed by atoms with Crippen LogP contribution in [0.15, 0.2) is 29.2 Å². The van der Waals surface area contributed by atoms with Gasteiger partial charge in [0.25, 0.3) is 0 Å². The summed E-state index contributed by atoms with van der Waals surface area (Å²) in [6.45, 7) is 6.05. The summed E-state index contributed by atoms with van der Waals surface area (Å²) < 4.78 is 12.8. The molecule has 2 aliphatic heterocycles. The molecule has 0 unspecified atom stereocenters. The van der Waals surface area contributed by atoms with Gasteiger partial charge in [-0.15, -0.1) is 11.8 Å². The van der Waals surface area contributed by atoms with Crippen molar-refractivity contribution in [3.63, 3.8) is 0 Å². The van der Waals surface area contributed by atoms with Crippen molar-refractivity contribution in [2.45, 2.75) is 4.90 Å². The maximum Gasteiger partial charge on any atom is 0.123 e. The quantitative estimate of drug-likeness (QED) is 0.840. The Morgan fingerprint density at radius 1 is 1.17 bits per heavy atom. The molecule has 1 aromatic carbocycles. The van der Waals surface area contributed by atoms with Gasteiger partial charge in [-0.05, 0) is 49.2 Å². The Labute approximate surface area is 112 Å². The highest BCUT2D eigenvalue weighted by atomic mass is 32.2. The zero-order chi connectivity index (χ0) is 12.4. The summed E-state index contributed by atoms with van der Waals surface area (Å²) in [6, 6.07) is 6.80. The number of nitrogens with one attached hydrogen (secondary N) is 1. The maximum atomic E-state index is 12.8. The summed E-state index contributed by atoms with van der Waals surface area (Å²) in [5.74, 6) is 2.69. The van der Waals surface area contributed by atoms with Crippen LogP contribution in [0.5, 0.6) is 0 Å². The fraction of sp³-hybridized carbons (Fsp3) is 0.571. The fourth-order valence-corrected chi connectivity index (χ4v) is 3.87. The zero-order valence-electron chi connectivity index (χ0n) is 10.4. The molecule has 0 radical (unpaired) electrons. The number of hydrogen-bond donors (Lipinski definition) is 1. The van der Waals surface area contributed by atoms with Gasteiger partial charge >= 0.3 is 0 Å². The molecule has 2 aliphatic rings. The van der Waals surface area contributed by atoms with Crippen molar-refractivity contribution in [1.29, 1.82) is 0 Å². The van der Waals surface area contributed by atoms with E-state index in [9.17, 15) is 4.39 Å². The number of benzene rings is 1. The smallest absolute Gasteiger partial charge is 0.123 e. The second-order valence-corrected chi connectivity index (χ2v) is 6.41. The number of nitrogens with zero attached hydrogens (tertiary/aromatic N) is 1. The van der Waals surface area contributed by atoms with Crippen LogP contribution in [0.3, 0.4) is 0 Å². The molecule has 2 nitrogen and oxygen atoms in total. The van der Waals surface area contributed by atoms with Crippen molar-refractivity contribution in [3.8, 4) is 0 Å². The standard InChI is InChI=1S/C14H19FN2S/c15-13-1-3-14(4-2-13)18-6-5-17-9-11-7-16-8-12(11)10-17/h1-4,11-12,16H,5-10H2/t11-,12+. The van der Waals surface area contributed by atoms with E-state index >= 15 is 0 Å². The second kappa shape index (κ2) is 5.59. The molecule has 2 heterocycles. The first-order chi connectivity index (χ1) is 8.81. The third-order valence-corrected chi connectivity index (χ3v) is 4.95. The molecule has 2 atom stereocenters. The lowest BCUT2D eigenvalue weighted by molar-refractivity contribution is 0.333. The SMILES string of the molecule is Fc1ccc(SCCN2C[C@H]3CNC[C@H]3C2)cc1. The summed E-state index contributed by atoms with van der Waals surface area (Å²) in [6.07, 6.45) is 0. The van der Waals surface area contributed by atoms with Crippen molar-refractivity contribution in [2.24, 2.45) is 11.8 Å². The van der Waals surface area contributed by atoms with Crippen LogP contribution >= 0.6 is 11.8 Å². The third kappa shape index (κ3) is 2.87. The van der Waals surface area contributed by atoms with Crippen molar-refractivity contribution in [1.82, 2.24) is 10.2 Å². The van der Waals surface area contributed by atoms with Gasteiger partial charge in [0.2, 0.25) is 0 Å². The van der Waals surface area contributed by atoms with Gasteiger partial charge in [-0.1, -0.05) is 0 Å². The average Bonchev–Trinajstić information content (AvgIpc) is 2.92. The molecule has 4 heteroatoms. The molecule has 0 bridgehead atoms. The summed E-state index contributed by atoms with van der Waals surface area (Å²) in [5.41, 5.74) is 0. The van der Waals surface area contributed by atoms with Crippen LogP contribution in [-0.4, -0.2) is 43.4 Å². The Bertz CT molecular complexity index is 383. The lowest BCUT2D eigenvalue weighted by Crippen LogP contribution is -2.27. The Kier molecular flexibility index (Phi) is 3.87. The molecule has 1 aromatic rings. The fourth-order valence-electron chi connectivity index (χ4n) is 2.96. The van der Waals surface area contributed by atoms with E-state index in [-0.39, 0.29) is 5.82 Å². The van der Waals surface area contributed by atoms with E-state index in [1.165, 1.54) is 38.3 Å². The van der Waals surface area contributed by atoms with Gasteiger partial charge in [0, 0.05) is 30.3 Å². The highest BCUT2D eigenvalue weighted by molar-refractivity contribution is 7.99. The highest BCUT2D eigenvalue weighted by Crippen LogP contribution is 2.27. The number of rotatable bonds is 4. The lowest BCUT2D eigenvalue weighted by Gasteiger charge is -2.16. The number of likely N-dealkylation sites (tertiary alicyclic amines) is 1. The molecule has 0 aliphatic carbocycles. The molecular formula is C14H19FN2S. The van der Waals surface area contributed by atoms with Crippen LogP contribution in [-0.2, 0) is 0 Å². The Morgan fingerprint density at radius 2 is 1.83 bits per heavy atom. The Hall–Kier alpha value is -0.580. The molecule has 0 amide bonds. The monoisotopic (exact) mass is 266 g/mol. The van der Waals surface area contributed by atoms with Crippen LogP contribution in [0.1, 0.15) is 0 Å². The van der Waals surface area contributed by atoms with E-state index in [1.807, 2.05) is 23.9 Å². The van der Waals surface area contributed by atoms with Crippen LogP contribution in [0.4, 0.5) is 4.39 Å². The predicted molar refractivity (Wildman–Crippen MR) is 73.4 cm³/mol. The lowest BCUT2D eigenvalue weighted by atomic mass is 10.0. The van der Waals surface area contributed by atoms with E-state index in [1.54, 1.807) is 0 Å². The molecular weight excluding hydrogens is 247 g/mol. The minimum atomic E-state index is -0.154. The summed E-state index contributed by atoms with van der Waals surface area (Å²) in [5, 5.41) is 3.46. The van der Waals surface area contributed by atoms with Gasteiger partial charge in [0.05, 0.1) is 0 Å². The Morgan fingerprint density at radius 3 is 2.50 bits per heavy atom. The molecule has 98 valence electrons. The van der Waals surface area contributed by atoms with Crippen molar-refractivity contribution in [2.75, 3.05) is 38.5 Å². The van der Waals surface area contributed by atoms with Crippen molar-refractivity contribution in [3.05, 3.63) is 30.1 Å². The number of fused-ring (bicyclic) bond motifs is 1. The molecule has 2 saturated heterocycles. The van der Waals surface area contributed by atoms with Gasteiger partial charge in [0.15, 0.2) is 0 Å². The van der Waals surface area contributed by atoms with Gasteiger partial charge in [-0.3, -0.25) is 0 Å². The highest BCUT2D eigenvalue weighted by Gasteiger charge is 2.35. The summed E-state index contributed by atoms with van der Waals surface area (Å²) in [4.78, 5) is 3.74. The maximum absolute atomic E-state index is 12.8. The van der Waals surface area contributed by atoms with E-state index in [0.29, 0.717) is 0 Å². The zero-order valence-corrected chi connectivity index (χ0v) is 11.3. The second-order valence-electron chi connectivity index (χ2n) is 5.24. The Balaban J connectivity index is 1.41. The minimum Gasteiger partial charge on any atom is -0.316 e. The molecule has 3 rings (SSSR count). The third-order valence-electron chi connectivity index (χ3n) is 3.96. The van der Waals surface area contributed by atoms with E-state index in [2.05, 4.69) is 10.2 Å². The number of thioether (sulfide) groups is 1. The molecule has 2 fully saturated rings.